The van der Waals surface area contributed by atoms with Crippen molar-refractivity contribution in [3.05, 3.63) is 83.0 Å². The molecule has 3 heterocycles. The van der Waals surface area contributed by atoms with E-state index >= 15 is 0 Å². The Morgan fingerprint density at radius 2 is 1.80 bits per heavy atom. The van der Waals surface area contributed by atoms with Crippen LogP contribution in [0.15, 0.2) is 66.9 Å². The number of amides is 1. The molecule has 6 rings (SSSR count). The van der Waals surface area contributed by atoms with Gasteiger partial charge in [0.25, 0.3) is 5.91 Å². The normalized spacial score (nSPS) is 14.0. The zero-order chi connectivity index (χ0) is 31.3. The fourth-order valence-electron chi connectivity index (χ4n) is 5.32. The third-order valence-corrected chi connectivity index (χ3v) is 8.76. The van der Waals surface area contributed by atoms with Crippen molar-refractivity contribution in [3.8, 4) is 38.7 Å². The summed E-state index contributed by atoms with van der Waals surface area (Å²) in [4.78, 5) is 35.8. The molecule has 3 aromatic carbocycles. The Bertz CT molecular complexity index is 1930. The Labute approximate surface area is 263 Å². The van der Waals surface area contributed by atoms with Gasteiger partial charge in [-0.15, -0.1) is 11.3 Å². The highest BCUT2D eigenvalue weighted by Crippen LogP contribution is 2.45. The third kappa shape index (κ3) is 5.66. The number of pyridine rings is 1. The molecule has 0 bridgehead atoms. The average molecular weight is 628 g/mol. The van der Waals surface area contributed by atoms with Gasteiger partial charge >= 0.3 is 5.97 Å². The molecule has 1 atom stereocenters. The Morgan fingerprint density at radius 3 is 2.50 bits per heavy atom. The van der Waals surface area contributed by atoms with E-state index in [0.29, 0.717) is 22.0 Å². The van der Waals surface area contributed by atoms with E-state index < -0.39 is 17.7 Å². The van der Waals surface area contributed by atoms with Crippen LogP contribution in [0.1, 0.15) is 38.0 Å². The van der Waals surface area contributed by atoms with Crippen LogP contribution < -0.4 is 9.64 Å². The van der Waals surface area contributed by atoms with Crippen LogP contribution in [0.25, 0.3) is 43.2 Å². The summed E-state index contributed by atoms with van der Waals surface area (Å²) < 4.78 is 12.7. The SMILES string of the molecule is Cc1cc2nc(-c3ccnc(-c4ccc5c(c4)OCC(=O)N5C)c3)sc2c(-c2ccc(Cl)cc2)c1[C@H](OC(C)(C)C)C(=O)O. The van der Waals surface area contributed by atoms with Crippen LogP contribution in [0.4, 0.5) is 5.69 Å². The molecule has 1 aliphatic heterocycles. The fraction of sp³-hybridized carbons (Fsp3) is 0.235. The van der Waals surface area contributed by atoms with Crippen LogP contribution in [0.2, 0.25) is 5.02 Å². The first-order valence-electron chi connectivity index (χ1n) is 14.0. The van der Waals surface area contributed by atoms with Gasteiger partial charge in [-0.2, -0.15) is 0 Å². The molecule has 1 N–H and O–H groups in total. The van der Waals surface area contributed by atoms with Crippen molar-refractivity contribution in [2.45, 2.75) is 39.4 Å². The van der Waals surface area contributed by atoms with Crippen molar-refractivity contribution in [1.29, 1.82) is 0 Å². The van der Waals surface area contributed by atoms with Crippen molar-refractivity contribution in [1.82, 2.24) is 9.97 Å². The Morgan fingerprint density at radius 1 is 1.07 bits per heavy atom. The highest BCUT2D eigenvalue weighted by atomic mass is 35.5. The Balaban J connectivity index is 1.49. The first-order valence-corrected chi connectivity index (χ1v) is 15.2. The van der Waals surface area contributed by atoms with Gasteiger partial charge in [-0.25, -0.2) is 9.78 Å². The van der Waals surface area contributed by atoms with Gasteiger partial charge in [-0.1, -0.05) is 29.8 Å². The number of carboxylic acid groups (broad SMARTS) is 1. The first-order chi connectivity index (χ1) is 20.9. The van der Waals surface area contributed by atoms with Crippen LogP contribution in [0.5, 0.6) is 5.75 Å². The number of nitrogens with zero attached hydrogens (tertiary/aromatic N) is 3. The van der Waals surface area contributed by atoms with E-state index in [1.54, 1.807) is 30.3 Å². The number of hydrogen-bond acceptors (Lipinski definition) is 7. The van der Waals surface area contributed by atoms with Crippen molar-refractivity contribution in [2.75, 3.05) is 18.6 Å². The van der Waals surface area contributed by atoms with Crippen molar-refractivity contribution in [2.24, 2.45) is 0 Å². The number of hydrogen-bond donors (Lipinski definition) is 1. The zero-order valence-electron chi connectivity index (χ0n) is 24.8. The van der Waals surface area contributed by atoms with Crippen molar-refractivity contribution >= 4 is 50.7 Å². The number of carboxylic acids is 1. The van der Waals surface area contributed by atoms with Crippen molar-refractivity contribution in [3.63, 3.8) is 0 Å². The van der Waals surface area contributed by atoms with Gasteiger partial charge in [0.2, 0.25) is 0 Å². The fourth-order valence-corrected chi connectivity index (χ4v) is 6.57. The average Bonchev–Trinajstić information content (AvgIpc) is 3.41. The number of benzene rings is 3. The number of aliphatic carboxylic acids is 1. The number of ether oxygens (including phenoxy) is 2. The summed E-state index contributed by atoms with van der Waals surface area (Å²) in [5.41, 5.74) is 6.15. The maximum absolute atomic E-state index is 12.6. The summed E-state index contributed by atoms with van der Waals surface area (Å²) in [7, 11) is 1.73. The lowest BCUT2D eigenvalue weighted by Crippen LogP contribution is -2.35. The summed E-state index contributed by atoms with van der Waals surface area (Å²) in [5.74, 6) is -0.541. The maximum Gasteiger partial charge on any atom is 0.337 e. The predicted octanol–water partition coefficient (Wildman–Crippen LogP) is 7.95. The van der Waals surface area contributed by atoms with E-state index in [4.69, 9.17) is 26.1 Å². The van der Waals surface area contributed by atoms with E-state index in [1.165, 1.54) is 11.3 Å². The van der Waals surface area contributed by atoms with Gasteiger partial charge in [0.1, 0.15) is 10.8 Å². The second-order valence-corrected chi connectivity index (χ2v) is 13.1. The molecule has 0 spiro atoms. The van der Waals surface area contributed by atoms with Crippen LogP contribution in [-0.4, -0.2) is 46.2 Å². The Hall–Kier alpha value is -4.31. The lowest BCUT2D eigenvalue weighted by atomic mass is 9.91. The standard InChI is InChI=1S/C34H30ClN3O5S/c1-18-14-24-31(29(19-6-9-22(35)10-7-19)28(18)30(33(40)41)43-34(2,3)4)44-32(37-24)21-12-13-36-23(15-21)20-8-11-25-26(16-20)42-17-27(39)38(25)5/h6-16,30H,17H2,1-5H3,(H,40,41)/t30-/m0/s1. The highest BCUT2D eigenvalue weighted by molar-refractivity contribution is 7.22. The first kappa shape index (κ1) is 29.7. The molecule has 5 aromatic rings. The molecule has 1 aliphatic rings. The molecule has 224 valence electrons. The molecule has 0 saturated heterocycles. The second-order valence-electron chi connectivity index (χ2n) is 11.7. The van der Waals surface area contributed by atoms with E-state index in [-0.39, 0.29) is 12.5 Å². The molecule has 0 saturated carbocycles. The molecule has 1 amide bonds. The number of rotatable bonds is 6. The minimum Gasteiger partial charge on any atom is -0.482 e. The molecule has 0 unspecified atom stereocenters. The Kier molecular flexibility index (Phi) is 7.65. The summed E-state index contributed by atoms with van der Waals surface area (Å²) in [6.07, 6.45) is 0.546. The van der Waals surface area contributed by atoms with Crippen LogP contribution in [-0.2, 0) is 14.3 Å². The number of fused-ring (bicyclic) bond motifs is 2. The number of thiazole rings is 1. The number of anilines is 1. The zero-order valence-corrected chi connectivity index (χ0v) is 26.4. The monoisotopic (exact) mass is 627 g/mol. The predicted molar refractivity (Wildman–Crippen MR) is 174 cm³/mol. The van der Waals surface area contributed by atoms with Crippen LogP contribution in [0.3, 0.4) is 0 Å². The van der Waals surface area contributed by atoms with Gasteiger partial charge in [-0.05, 0) is 81.3 Å². The molecule has 0 aliphatic carbocycles. The lowest BCUT2D eigenvalue weighted by Gasteiger charge is -2.28. The molecule has 44 heavy (non-hydrogen) atoms. The lowest BCUT2D eigenvalue weighted by molar-refractivity contribution is -0.160. The number of likely N-dealkylation sites (N-methyl/N-ethyl adjacent to an activating group) is 1. The van der Waals surface area contributed by atoms with Crippen LogP contribution in [0, 0.1) is 6.92 Å². The maximum atomic E-state index is 12.6. The summed E-state index contributed by atoms with van der Waals surface area (Å²) >= 11 is 7.72. The molecular formula is C34H30ClN3O5S. The van der Waals surface area contributed by atoms with Gasteiger partial charge in [-0.3, -0.25) is 9.78 Å². The van der Waals surface area contributed by atoms with Gasteiger partial charge in [0.05, 0.1) is 27.2 Å². The minimum absolute atomic E-state index is 0.00693. The number of aromatic nitrogens is 2. The molecule has 10 heteroatoms. The second kappa shape index (κ2) is 11.3. The van der Waals surface area contributed by atoms with Gasteiger partial charge in [0.15, 0.2) is 12.7 Å². The summed E-state index contributed by atoms with van der Waals surface area (Å²) in [5, 5.41) is 11.7. The van der Waals surface area contributed by atoms with E-state index in [2.05, 4.69) is 4.98 Å². The molecule has 0 fully saturated rings. The van der Waals surface area contributed by atoms with Crippen LogP contribution >= 0.6 is 22.9 Å². The van der Waals surface area contributed by atoms with E-state index in [0.717, 1.165) is 48.7 Å². The highest BCUT2D eigenvalue weighted by Gasteiger charge is 2.32. The smallest absolute Gasteiger partial charge is 0.337 e. The van der Waals surface area contributed by atoms with E-state index in [1.807, 2.05) is 76.2 Å². The van der Waals surface area contributed by atoms with Crippen molar-refractivity contribution < 1.29 is 24.2 Å². The number of carbonyl (C=O) groups is 2. The number of halogens is 1. The molecular weight excluding hydrogens is 598 g/mol. The van der Waals surface area contributed by atoms with E-state index in [9.17, 15) is 14.7 Å². The summed E-state index contributed by atoms with van der Waals surface area (Å²) in [6, 6.07) is 18.8. The number of aryl methyl sites for hydroxylation is 1. The number of carbonyl (C=O) groups excluding carboxylic acids is 1. The van der Waals surface area contributed by atoms with Gasteiger partial charge in [0, 0.05) is 40.5 Å². The largest absolute Gasteiger partial charge is 0.482 e. The topological polar surface area (TPSA) is 102 Å². The van der Waals surface area contributed by atoms with Gasteiger partial charge < -0.3 is 19.5 Å². The summed E-state index contributed by atoms with van der Waals surface area (Å²) in [6.45, 7) is 7.42. The third-order valence-electron chi connectivity index (χ3n) is 7.37. The molecule has 8 nitrogen and oxygen atoms in total. The quantitative estimate of drug-likeness (QED) is 0.204. The minimum atomic E-state index is -1.19. The molecule has 2 aromatic heterocycles. The molecule has 0 radical (unpaired) electrons.